The molecule has 246 valence electrons. The van der Waals surface area contributed by atoms with Crippen LogP contribution in [0.15, 0.2) is 101 Å². The van der Waals surface area contributed by atoms with Crippen molar-refractivity contribution in [3.05, 3.63) is 129 Å². The first-order valence-corrected chi connectivity index (χ1v) is 17.0. The van der Waals surface area contributed by atoms with Gasteiger partial charge >= 0.3 is 0 Å². The minimum Gasteiger partial charge on any atom is -0.869 e. The number of pyridine rings is 1. The second-order valence-electron chi connectivity index (χ2n) is 12.7. The van der Waals surface area contributed by atoms with Crippen LogP contribution in [-0.4, -0.2) is 27.3 Å². The third kappa shape index (κ3) is 6.55. The molecule has 6 rings (SSSR count). The van der Waals surface area contributed by atoms with Gasteiger partial charge in [0.15, 0.2) is 0 Å². The number of aromatic nitrogens is 1. The van der Waals surface area contributed by atoms with Gasteiger partial charge in [-0.05, 0) is 48.8 Å². The lowest BCUT2D eigenvalue weighted by molar-refractivity contribution is -0.279. The summed E-state index contributed by atoms with van der Waals surface area (Å²) >= 11 is 0. The molecule has 0 bridgehead atoms. The lowest BCUT2D eigenvalue weighted by Gasteiger charge is -2.36. The van der Waals surface area contributed by atoms with E-state index in [0.717, 1.165) is 38.5 Å². The van der Waals surface area contributed by atoms with Gasteiger partial charge in [0.1, 0.15) is 11.6 Å². The van der Waals surface area contributed by atoms with Crippen LogP contribution >= 0.6 is 0 Å². The number of carbonyl (C=O) groups is 2. The Morgan fingerprint density at radius 1 is 0.776 bits per heavy atom. The highest BCUT2D eigenvalue weighted by Gasteiger charge is 2.41. The molecule has 3 aromatic rings. The summed E-state index contributed by atoms with van der Waals surface area (Å²) in [7, 11) is 0. The van der Waals surface area contributed by atoms with E-state index in [9.17, 15) is 24.8 Å². The Kier molecular flexibility index (Phi) is 10.2. The number of hydrogen-bond acceptors (Lipinski definition) is 5. The van der Waals surface area contributed by atoms with Crippen molar-refractivity contribution in [1.82, 2.24) is 9.47 Å². The Labute approximate surface area is 286 Å². The molecule has 2 amide bonds. The van der Waals surface area contributed by atoms with Crippen LogP contribution in [0.5, 0.6) is 5.88 Å². The maximum Gasteiger partial charge on any atom is 0.272 e. The van der Waals surface area contributed by atoms with Gasteiger partial charge in [-0.2, -0.15) is 5.26 Å². The number of amides is 2. The Morgan fingerprint density at radius 3 is 1.96 bits per heavy atom. The molecule has 3 aliphatic rings. The minimum absolute atomic E-state index is 0.0632. The molecule has 49 heavy (non-hydrogen) atoms. The van der Waals surface area contributed by atoms with E-state index in [0.29, 0.717) is 47.9 Å². The van der Waals surface area contributed by atoms with Crippen LogP contribution < -0.4 is 10.7 Å². The van der Waals surface area contributed by atoms with Crippen molar-refractivity contribution in [3.8, 4) is 23.1 Å². The third-order valence-corrected chi connectivity index (χ3v) is 9.75. The van der Waals surface area contributed by atoms with E-state index in [4.69, 9.17) is 6.57 Å². The smallest absolute Gasteiger partial charge is 0.272 e. The van der Waals surface area contributed by atoms with Gasteiger partial charge < -0.3 is 9.67 Å². The van der Waals surface area contributed by atoms with E-state index in [1.165, 1.54) is 9.47 Å². The normalized spacial score (nSPS) is 18.8. The lowest BCUT2D eigenvalue weighted by Crippen LogP contribution is -2.49. The number of imide groups is 1. The number of allylic oxidation sites excluding steroid dienone is 4. The molecule has 8 heteroatoms. The van der Waals surface area contributed by atoms with E-state index >= 15 is 0 Å². The molecule has 2 aromatic carbocycles. The summed E-state index contributed by atoms with van der Waals surface area (Å²) in [6.07, 6.45) is 16.8. The highest BCUT2D eigenvalue weighted by molar-refractivity contribution is 6.27. The Hall–Kier alpha value is -5.73. The summed E-state index contributed by atoms with van der Waals surface area (Å²) < 4.78 is 1.28. The molecule has 2 fully saturated rings. The van der Waals surface area contributed by atoms with Gasteiger partial charge in [-0.3, -0.25) is 19.3 Å². The van der Waals surface area contributed by atoms with E-state index < -0.39 is 23.3 Å². The van der Waals surface area contributed by atoms with Crippen LogP contribution in [0.4, 0.5) is 5.69 Å². The highest BCUT2D eigenvalue weighted by atomic mass is 16.3. The van der Waals surface area contributed by atoms with Gasteiger partial charge in [-0.15, -0.1) is 0 Å². The number of nitrogens with zero attached hydrogens (tertiary/aromatic N) is 4. The topological polar surface area (TPSA) is 111 Å². The van der Waals surface area contributed by atoms with Gasteiger partial charge in [0.2, 0.25) is 5.69 Å². The summed E-state index contributed by atoms with van der Waals surface area (Å²) in [5.74, 6) is -1.54. The van der Waals surface area contributed by atoms with Crippen molar-refractivity contribution in [3.63, 3.8) is 0 Å². The second kappa shape index (κ2) is 15.0. The van der Waals surface area contributed by atoms with E-state index in [2.05, 4.69) is 10.9 Å². The Bertz CT molecular complexity index is 2010. The molecule has 2 heterocycles. The van der Waals surface area contributed by atoms with Crippen molar-refractivity contribution in [2.45, 2.75) is 76.3 Å². The first kappa shape index (κ1) is 33.2. The Balaban J connectivity index is 1.43. The largest absolute Gasteiger partial charge is 0.869 e. The number of rotatable bonds is 7. The Morgan fingerprint density at radius 2 is 1.37 bits per heavy atom. The molecular weight excluding hydrogens is 612 g/mol. The van der Waals surface area contributed by atoms with Crippen LogP contribution in [0.2, 0.25) is 0 Å². The van der Waals surface area contributed by atoms with E-state index in [-0.39, 0.29) is 34.5 Å². The van der Waals surface area contributed by atoms with Crippen molar-refractivity contribution in [1.29, 1.82) is 5.26 Å². The molecule has 0 spiro atoms. The minimum atomic E-state index is -0.556. The fraction of sp³-hybridized carbons (Fsp3) is 0.293. The molecule has 1 aromatic heterocycles. The van der Waals surface area contributed by atoms with Crippen LogP contribution in [0.1, 0.15) is 81.4 Å². The van der Waals surface area contributed by atoms with Crippen molar-refractivity contribution >= 4 is 29.2 Å². The molecule has 2 saturated carbocycles. The zero-order chi connectivity index (χ0) is 34.3. The summed E-state index contributed by atoms with van der Waals surface area (Å²) in [6.45, 7) is 7.93. The monoisotopic (exact) mass is 649 g/mol. The van der Waals surface area contributed by atoms with Crippen LogP contribution in [0, 0.1) is 17.9 Å². The average molecular weight is 650 g/mol. The number of carbonyl (C=O) groups excluding carboxylic acids is 2. The van der Waals surface area contributed by atoms with Crippen LogP contribution in [0.3, 0.4) is 0 Å². The van der Waals surface area contributed by atoms with E-state index in [1.54, 1.807) is 78.9 Å². The molecule has 0 saturated heterocycles. The number of hydrogen-bond donors (Lipinski definition) is 0. The molecule has 0 atom stereocenters. The van der Waals surface area contributed by atoms with Gasteiger partial charge in [-0.25, -0.2) is 4.85 Å². The quantitative estimate of drug-likeness (QED) is 0.112. The standard InChI is InChI=1S/C41H38N4O4/c1-43-37-36(29-19-9-3-10-20-29)33(39(47)45(41(37)49)31-23-13-5-14-24-31)26-16-6-15-25-32-35(28-17-7-2-8-18-28)34(27-42)40(48)44(38(32)46)30-21-11-4-12-22-30/h2-3,6-10,15-20,25-26,30-31,49H,4-5,11-14,21-24H2/p-1/b15-6+,26-16+,32-25-. The molecular formula is C41H37N4O4-. The summed E-state index contributed by atoms with van der Waals surface area (Å²) in [6, 6.07) is 19.6. The fourth-order valence-corrected chi connectivity index (χ4v) is 7.40. The van der Waals surface area contributed by atoms with Crippen molar-refractivity contribution in [2.24, 2.45) is 0 Å². The van der Waals surface area contributed by atoms with Gasteiger partial charge in [0, 0.05) is 34.4 Å². The van der Waals surface area contributed by atoms with Crippen LogP contribution in [0.25, 0.3) is 27.6 Å². The van der Waals surface area contributed by atoms with Crippen molar-refractivity contribution in [2.75, 3.05) is 0 Å². The predicted octanol–water partition coefficient (Wildman–Crippen LogP) is 7.82. The molecule has 1 aliphatic heterocycles. The molecule has 0 N–H and O–H groups in total. The molecule has 0 unspecified atom stereocenters. The van der Waals surface area contributed by atoms with Gasteiger partial charge in [0.25, 0.3) is 17.4 Å². The first-order chi connectivity index (χ1) is 24.0. The predicted molar refractivity (Wildman–Crippen MR) is 188 cm³/mol. The summed E-state index contributed by atoms with van der Waals surface area (Å²) in [5.41, 5.74) is 1.72. The lowest BCUT2D eigenvalue weighted by atomic mass is 9.85. The number of nitriles is 1. The molecule has 0 radical (unpaired) electrons. The molecule has 2 aliphatic carbocycles. The maximum absolute atomic E-state index is 14.0. The summed E-state index contributed by atoms with van der Waals surface area (Å²) in [5, 5.41) is 23.8. The highest BCUT2D eigenvalue weighted by Crippen LogP contribution is 2.41. The summed E-state index contributed by atoms with van der Waals surface area (Å²) in [4.78, 5) is 46.6. The molecule has 8 nitrogen and oxygen atoms in total. The first-order valence-electron chi connectivity index (χ1n) is 17.0. The van der Waals surface area contributed by atoms with Crippen molar-refractivity contribution < 1.29 is 14.7 Å². The number of benzene rings is 2. The third-order valence-electron chi connectivity index (χ3n) is 9.75. The zero-order valence-corrected chi connectivity index (χ0v) is 27.3. The van der Waals surface area contributed by atoms with Gasteiger partial charge in [0.05, 0.1) is 6.57 Å². The SMILES string of the molecule is [C-]#[N+]c1c(-c2ccccc2)c(/C=C/C=C/C=C2\C(=O)N(C3CCCCC3)C(=O)C(C#N)=C2c2ccccc2)c(=O)n(C2CCCCC2)c1[O-]. The van der Waals surface area contributed by atoms with Crippen LogP contribution in [-0.2, 0) is 9.59 Å². The van der Waals surface area contributed by atoms with Gasteiger partial charge in [-0.1, -0.05) is 123 Å². The average Bonchev–Trinajstić information content (AvgIpc) is 3.14. The zero-order valence-electron chi connectivity index (χ0n) is 27.3. The van der Waals surface area contributed by atoms with E-state index in [1.807, 2.05) is 12.1 Å². The maximum atomic E-state index is 14.0. The second-order valence-corrected chi connectivity index (χ2v) is 12.7. The fourth-order valence-electron chi connectivity index (χ4n) is 7.40.